The van der Waals surface area contributed by atoms with Gasteiger partial charge >= 0.3 is 0 Å². The third-order valence-electron chi connectivity index (χ3n) is 1.67. The average molecular weight is 216 g/mol. The summed E-state index contributed by atoms with van der Waals surface area (Å²) in [5.74, 6) is -2.66. The Morgan fingerprint density at radius 1 is 1.67 bits per heavy atom. The molecule has 0 fully saturated rings. The van der Waals surface area contributed by atoms with Gasteiger partial charge in [0.15, 0.2) is 11.5 Å². The van der Waals surface area contributed by atoms with Crippen LogP contribution in [0.15, 0.2) is 12.3 Å². The van der Waals surface area contributed by atoms with Crippen molar-refractivity contribution in [1.82, 2.24) is 10.3 Å². The Morgan fingerprint density at radius 3 is 2.87 bits per heavy atom. The lowest BCUT2D eigenvalue weighted by Gasteiger charge is -2.10. The largest absolute Gasteiger partial charge is 0.394 e. The van der Waals surface area contributed by atoms with Crippen LogP contribution in [0.4, 0.5) is 8.78 Å². The normalized spacial score (nSPS) is 12.3. The summed E-state index contributed by atoms with van der Waals surface area (Å²) < 4.78 is 25.5. The predicted molar refractivity (Wildman–Crippen MR) is 48.2 cm³/mol. The number of rotatable bonds is 3. The molecule has 1 rings (SSSR count). The summed E-state index contributed by atoms with van der Waals surface area (Å²) in [4.78, 5) is 14.6. The third-order valence-corrected chi connectivity index (χ3v) is 1.67. The molecule has 0 aliphatic carbocycles. The van der Waals surface area contributed by atoms with Gasteiger partial charge in [0, 0.05) is 12.1 Å². The Labute approximate surface area is 84.9 Å². The standard InChI is InChI=1S/C9H10F2N2O2/c1-5(4-14)13-9(15)8-7(11)2-6(10)3-12-8/h2-3,5,14H,4H2,1H3,(H,13,15). The molecule has 15 heavy (non-hydrogen) atoms. The first-order valence-electron chi connectivity index (χ1n) is 4.27. The van der Waals surface area contributed by atoms with E-state index in [4.69, 9.17) is 5.11 Å². The van der Waals surface area contributed by atoms with Crippen molar-refractivity contribution in [2.24, 2.45) is 0 Å². The fourth-order valence-electron chi connectivity index (χ4n) is 0.919. The fraction of sp³-hybridized carbons (Fsp3) is 0.333. The maximum Gasteiger partial charge on any atom is 0.273 e. The monoisotopic (exact) mass is 216 g/mol. The van der Waals surface area contributed by atoms with Crippen molar-refractivity contribution < 1.29 is 18.7 Å². The Hall–Kier alpha value is -1.56. The topological polar surface area (TPSA) is 62.2 Å². The number of halogens is 2. The van der Waals surface area contributed by atoms with Crippen LogP contribution in [-0.4, -0.2) is 28.6 Å². The van der Waals surface area contributed by atoms with Gasteiger partial charge in [-0.05, 0) is 6.92 Å². The molecule has 0 aliphatic heterocycles. The van der Waals surface area contributed by atoms with Crippen molar-refractivity contribution >= 4 is 5.91 Å². The smallest absolute Gasteiger partial charge is 0.273 e. The van der Waals surface area contributed by atoms with Gasteiger partial charge in [-0.1, -0.05) is 0 Å². The maximum atomic E-state index is 13.0. The molecule has 1 heterocycles. The molecule has 0 radical (unpaired) electrons. The summed E-state index contributed by atoms with van der Waals surface area (Å²) in [5, 5.41) is 10.9. The first kappa shape index (κ1) is 11.5. The lowest BCUT2D eigenvalue weighted by atomic mass is 10.3. The maximum absolute atomic E-state index is 13.0. The second-order valence-electron chi connectivity index (χ2n) is 3.04. The van der Waals surface area contributed by atoms with E-state index in [1.54, 1.807) is 6.92 Å². The van der Waals surface area contributed by atoms with Gasteiger partial charge in [-0.25, -0.2) is 13.8 Å². The highest BCUT2D eigenvalue weighted by Crippen LogP contribution is 2.05. The summed E-state index contributed by atoms with van der Waals surface area (Å²) in [6.07, 6.45) is 0.752. The van der Waals surface area contributed by atoms with Gasteiger partial charge in [0.2, 0.25) is 0 Å². The molecule has 0 bridgehead atoms. The van der Waals surface area contributed by atoms with Gasteiger partial charge < -0.3 is 10.4 Å². The number of nitrogens with one attached hydrogen (secondary N) is 1. The van der Waals surface area contributed by atoms with Gasteiger partial charge in [0.25, 0.3) is 5.91 Å². The first-order chi connectivity index (χ1) is 7.04. The molecule has 1 amide bonds. The minimum Gasteiger partial charge on any atom is -0.394 e. The zero-order valence-electron chi connectivity index (χ0n) is 8.00. The molecule has 0 aromatic carbocycles. The van der Waals surface area contributed by atoms with Gasteiger partial charge in [-0.2, -0.15) is 0 Å². The zero-order chi connectivity index (χ0) is 11.4. The number of hydrogen-bond acceptors (Lipinski definition) is 3. The van der Waals surface area contributed by atoms with E-state index in [1.165, 1.54) is 0 Å². The van der Waals surface area contributed by atoms with Gasteiger partial charge in [0.05, 0.1) is 12.8 Å². The third kappa shape index (κ3) is 2.95. The van der Waals surface area contributed by atoms with Crippen molar-refractivity contribution in [2.75, 3.05) is 6.61 Å². The van der Waals surface area contributed by atoms with E-state index in [0.717, 1.165) is 6.20 Å². The predicted octanol–water partition coefficient (Wildman–Crippen LogP) is 0.470. The molecule has 0 aliphatic rings. The van der Waals surface area contributed by atoms with E-state index in [1.807, 2.05) is 0 Å². The van der Waals surface area contributed by atoms with Crippen molar-refractivity contribution in [3.63, 3.8) is 0 Å². The molecule has 0 saturated carbocycles. The average Bonchev–Trinajstić information content (AvgIpc) is 2.17. The molecule has 2 N–H and O–H groups in total. The van der Waals surface area contributed by atoms with Crippen LogP contribution in [0.25, 0.3) is 0 Å². The van der Waals surface area contributed by atoms with Crippen LogP contribution in [0.2, 0.25) is 0 Å². The molecule has 1 aromatic rings. The molecule has 1 unspecified atom stereocenters. The Balaban J connectivity index is 2.82. The molecular weight excluding hydrogens is 206 g/mol. The van der Waals surface area contributed by atoms with Gasteiger partial charge in [-0.15, -0.1) is 0 Å². The van der Waals surface area contributed by atoms with Gasteiger partial charge in [-0.3, -0.25) is 4.79 Å². The highest BCUT2D eigenvalue weighted by molar-refractivity contribution is 5.92. The number of aromatic nitrogens is 1. The van der Waals surface area contributed by atoms with Crippen LogP contribution >= 0.6 is 0 Å². The van der Waals surface area contributed by atoms with Crippen LogP contribution in [-0.2, 0) is 0 Å². The second kappa shape index (κ2) is 4.79. The number of aliphatic hydroxyl groups excluding tert-OH is 1. The lowest BCUT2D eigenvalue weighted by molar-refractivity contribution is 0.0912. The second-order valence-corrected chi connectivity index (χ2v) is 3.04. The number of carbonyl (C=O) groups excluding carboxylic acids is 1. The zero-order valence-corrected chi connectivity index (χ0v) is 8.00. The molecule has 1 aromatic heterocycles. The van der Waals surface area contributed by atoms with Crippen molar-refractivity contribution in [3.05, 3.63) is 29.6 Å². The van der Waals surface area contributed by atoms with Crippen molar-refractivity contribution in [3.8, 4) is 0 Å². The highest BCUT2D eigenvalue weighted by atomic mass is 19.1. The van der Waals surface area contributed by atoms with Crippen LogP contribution in [0.3, 0.4) is 0 Å². The Morgan fingerprint density at radius 2 is 2.33 bits per heavy atom. The van der Waals surface area contributed by atoms with Gasteiger partial charge in [0.1, 0.15) is 5.82 Å². The quantitative estimate of drug-likeness (QED) is 0.772. The molecule has 1 atom stereocenters. The highest BCUT2D eigenvalue weighted by Gasteiger charge is 2.15. The number of hydrogen-bond donors (Lipinski definition) is 2. The van der Waals surface area contributed by atoms with Crippen LogP contribution in [0.1, 0.15) is 17.4 Å². The summed E-state index contributed by atoms with van der Waals surface area (Å²) in [7, 11) is 0. The fourth-order valence-corrected chi connectivity index (χ4v) is 0.919. The van der Waals surface area contributed by atoms with Crippen LogP contribution in [0.5, 0.6) is 0 Å². The summed E-state index contributed by atoms with van der Waals surface area (Å²) in [6.45, 7) is 1.27. The minimum atomic E-state index is -1.03. The summed E-state index contributed by atoms with van der Waals surface area (Å²) >= 11 is 0. The van der Waals surface area contributed by atoms with Crippen molar-refractivity contribution in [2.45, 2.75) is 13.0 Å². The summed E-state index contributed by atoms with van der Waals surface area (Å²) in [5.41, 5.74) is -0.489. The van der Waals surface area contributed by atoms with E-state index >= 15 is 0 Å². The van der Waals surface area contributed by atoms with Crippen molar-refractivity contribution in [1.29, 1.82) is 0 Å². The number of pyridine rings is 1. The number of nitrogens with zero attached hydrogens (tertiary/aromatic N) is 1. The van der Waals surface area contributed by atoms with Crippen LogP contribution < -0.4 is 5.32 Å². The number of aliphatic hydroxyl groups is 1. The molecule has 4 nitrogen and oxygen atoms in total. The van der Waals surface area contributed by atoms with E-state index in [2.05, 4.69) is 10.3 Å². The van der Waals surface area contributed by atoms with E-state index < -0.39 is 29.3 Å². The number of amides is 1. The van der Waals surface area contributed by atoms with E-state index in [-0.39, 0.29) is 6.61 Å². The molecule has 0 saturated heterocycles. The Bertz CT molecular complexity index is 371. The van der Waals surface area contributed by atoms with Crippen LogP contribution in [0, 0.1) is 11.6 Å². The summed E-state index contributed by atoms with van der Waals surface area (Å²) in [6, 6.07) is 0.0645. The van der Waals surface area contributed by atoms with E-state index in [0.29, 0.717) is 6.07 Å². The molecule has 6 heteroatoms. The number of carbonyl (C=O) groups is 1. The molecule has 82 valence electrons. The molecule has 0 spiro atoms. The SMILES string of the molecule is CC(CO)NC(=O)c1ncc(F)cc1F. The minimum absolute atomic E-state index is 0.269. The lowest BCUT2D eigenvalue weighted by Crippen LogP contribution is -2.36. The molecular formula is C9H10F2N2O2. The Kier molecular flexibility index (Phi) is 3.68. The first-order valence-corrected chi connectivity index (χ1v) is 4.27. The van der Waals surface area contributed by atoms with E-state index in [9.17, 15) is 13.6 Å².